The number of hydrogen-bond acceptors (Lipinski definition) is 2. The molecule has 0 spiro atoms. The van der Waals surface area contributed by atoms with Gasteiger partial charge in [-0.05, 0) is 41.8 Å². The monoisotopic (exact) mass is 450 g/mol. The second-order valence-electron chi connectivity index (χ2n) is 4.52. The van der Waals surface area contributed by atoms with Crippen LogP contribution in [0.25, 0.3) is 0 Å². The van der Waals surface area contributed by atoms with E-state index in [2.05, 4.69) is 31.9 Å². The number of halogens is 4. The Kier molecular flexibility index (Phi) is 8.36. The lowest BCUT2D eigenvalue weighted by atomic mass is 10.1. The molecule has 124 valence electrons. The molecular formula is C16H14Br2F2O3. The molecule has 7 heteroatoms. The van der Waals surface area contributed by atoms with Crippen molar-refractivity contribution in [2.75, 3.05) is 6.61 Å². The predicted octanol–water partition coefficient (Wildman–Crippen LogP) is 4.34. The van der Waals surface area contributed by atoms with Crippen molar-refractivity contribution < 1.29 is 23.8 Å². The number of aliphatic carboxylic acids is 1. The summed E-state index contributed by atoms with van der Waals surface area (Å²) < 4.78 is 26.2. The van der Waals surface area contributed by atoms with E-state index in [4.69, 9.17) is 10.2 Å². The second-order valence-corrected chi connectivity index (χ2v) is 6.22. The maximum absolute atomic E-state index is 12.5. The van der Waals surface area contributed by atoms with Crippen LogP contribution in [0.1, 0.15) is 11.1 Å². The van der Waals surface area contributed by atoms with Crippen LogP contribution in [0.2, 0.25) is 0 Å². The summed E-state index contributed by atoms with van der Waals surface area (Å²) in [6, 6.07) is 8.38. The molecule has 2 rings (SSSR count). The molecule has 0 aliphatic carbocycles. The fourth-order valence-electron chi connectivity index (χ4n) is 1.67. The van der Waals surface area contributed by atoms with Gasteiger partial charge in [0.15, 0.2) is 0 Å². The summed E-state index contributed by atoms with van der Waals surface area (Å²) in [5.41, 5.74) is 1.50. The Hall–Kier alpha value is -1.31. The number of aliphatic hydroxyl groups is 1. The first kappa shape index (κ1) is 19.7. The van der Waals surface area contributed by atoms with Crippen molar-refractivity contribution in [1.82, 2.24) is 0 Å². The van der Waals surface area contributed by atoms with Gasteiger partial charge in [0.05, 0.1) is 6.42 Å². The van der Waals surface area contributed by atoms with Crippen molar-refractivity contribution in [2.24, 2.45) is 0 Å². The van der Waals surface area contributed by atoms with Crippen molar-refractivity contribution in [3.63, 3.8) is 0 Å². The van der Waals surface area contributed by atoms with Crippen LogP contribution in [0.5, 0.6) is 0 Å². The van der Waals surface area contributed by atoms with Gasteiger partial charge in [-0.3, -0.25) is 4.79 Å². The number of hydrogen-bond donors (Lipinski definition) is 2. The summed E-state index contributed by atoms with van der Waals surface area (Å²) in [6.45, 7) is 0.0875. The summed E-state index contributed by atoms with van der Waals surface area (Å²) >= 11 is 6.27. The lowest BCUT2D eigenvalue weighted by Crippen LogP contribution is -2.00. The van der Waals surface area contributed by atoms with Gasteiger partial charge in [-0.25, -0.2) is 8.78 Å². The first-order chi connectivity index (χ1) is 10.8. The SMILES string of the molecule is O=C(O)Cc1ccc(F)cc1Br.OCCc1ccc(F)cc1Br. The number of carboxylic acid groups (broad SMARTS) is 1. The highest BCUT2D eigenvalue weighted by atomic mass is 79.9. The summed E-state index contributed by atoms with van der Waals surface area (Å²) in [6.07, 6.45) is 0.460. The Morgan fingerprint density at radius 1 is 0.957 bits per heavy atom. The molecule has 3 nitrogen and oxygen atoms in total. The van der Waals surface area contributed by atoms with Gasteiger partial charge >= 0.3 is 5.97 Å². The fraction of sp³-hybridized carbons (Fsp3) is 0.188. The molecule has 0 heterocycles. The average molecular weight is 452 g/mol. The topological polar surface area (TPSA) is 57.5 Å². The molecule has 0 aliphatic heterocycles. The third-order valence-corrected chi connectivity index (χ3v) is 4.23. The molecule has 2 aromatic rings. The van der Waals surface area contributed by atoms with E-state index in [1.165, 1.54) is 30.3 Å². The smallest absolute Gasteiger partial charge is 0.307 e. The molecule has 0 saturated heterocycles. The summed E-state index contributed by atoms with van der Waals surface area (Å²) in [7, 11) is 0. The molecule has 0 radical (unpaired) electrons. The predicted molar refractivity (Wildman–Crippen MR) is 90.3 cm³/mol. The molecule has 0 aromatic heterocycles. The van der Waals surface area contributed by atoms with E-state index < -0.39 is 5.97 Å². The number of rotatable bonds is 4. The molecule has 2 N–H and O–H groups in total. The van der Waals surface area contributed by atoms with Crippen molar-refractivity contribution in [2.45, 2.75) is 12.8 Å². The van der Waals surface area contributed by atoms with Crippen molar-refractivity contribution in [3.05, 3.63) is 68.1 Å². The van der Waals surface area contributed by atoms with Gasteiger partial charge in [0.25, 0.3) is 0 Å². The van der Waals surface area contributed by atoms with Gasteiger partial charge in [0, 0.05) is 15.6 Å². The van der Waals surface area contributed by atoms with Gasteiger partial charge in [-0.2, -0.15) is 0 Å². The molecule has 0 amide bonds. The number of aliphatic hydroxyl groups excluding tert-OH is 1. The van der Waals surface area contributed by atoms with Crippen molar-refractivity contribution in [1.29, 1.82) is 0 Å². The molecule has 0 saturated carbocycles. The average Bonchev–Trinajstić information content (AvgIpc) is 2.46. The Labute approximate surface area is 149 Å². The minimum atomic E-state index is -0.928. The van der Waals surface area contributed by atoms with Gasteiger partial charge < -0.3 is 10.2 Å². The molecule has 2 aromatic carbocycles. The molecule has 0 fully saturated rings. The van der Waals surface area contributed by atoms with E-state index in [1.54, 1.807) is 6.07 Å². The molecule has 0 bridgehead atoms. The quantitative estimate of drug-likeness (QED) is 0.726. The lowest BCUT2D eigenvalue weighted by molar-refractivity contribution is -0.136. The maximum atomic E-state index is 12.5. The van der Waals surface area contributed by atoms with Crippen molar-refractivity contribution in [3.8, 4) is 0 Å². The Balaban J connectivity index is 0.000000231. The number of benzene rings is 2. The van der Waals surface area contributed by atoms with Crippen LogP contribution in [0.3, 0.4) is 0 Å². The summed E-state index contributed by atoms with van der Waals surface area (Å²) in [5, 5.41) is 17.0. The Bertz CT molecular complexity index is 678. The first-order valence-electron chi connectivity index (χ1n) is 6.54. The maximum Gasteiger partial charge on any atom is 0.307 e. The van der Waals surface area contributed by atoms with E-state index in [-0.39, 0.29) is 24.7 Å². The zero-order valence-corrected chi connectivity index (χ0v) is 15.1. The molecular weight excluding hydrogens is 438 g/mol. The van der Waals surface area contributed by atoms with Gasteiger partial charge in [-0.1, -0.05) is 44.0 Å². The van der Waals surface area contributed by atoms with E-state index in [1.807, 2.05) is 0 Å². The van der Waals surface area contributed by atoms with E-state index in [9.17, 15) is 13.6 Å². The van der Waals surface area contributed by atoms with Crippen LogP contribution < -0.4 is 0 Å². The first-order valence-corrected chi connectivity index (χ1v) is 8.12. The van der Waals surface area contributed by atoms with E-state index in [0.29, 0.717) is 20.9 Å². The minimum absolute atomic E-state index is 0.0875. The number of carbonyl (C=O) groups is 1. The van der Waals surface area contributed by atoms with Gasteiger partial charge in [0.1, 0.15) is 11.6 Å². The third-order valence-electron chi connectivity index (χ3n) is 2.75. The minimum Gasteiger partial charge on any atom is -0.481 e. The zero-order valence-electron chi connectivity index (χ0n) is 11.9. The van der Waals surface area contributed by atoms with Crippen LogP contribution in [0, 0.1) is 11.6 Å². The standard InChI is InChI=1S/C8H6BrFO2.C8H8BrFO/c9-7-4-6(10)2-1-5(7)3-8(11)12;9-8-5-7(10)2-1-6(8)3-4-11/h1-2,4H,3H2,(H,11,12);1-2,5,11H,3-4H2. The van der Waals surface area contributed by atoms with Crippen LogP contribution in [0.15, 0.2) is 45.3 Å². The highest BCUT2D eigenvalue weighted by molar-refractivity contribution is 9.10. The lowest BCUT2D eigenvalue weighted by Gasteiger charge is -2.00. The van der Waals surface area contributed by atoms with E-state index >= 15 is 0 Å². The Morgan fingerprint density at radius 3 is 1.83 bits per heavy atom. The normalized spacial score (nSPS) is 9.96. The highest BCUT2D eigenvalue weighted by Gasteiger charge is 2.05. The number of carboxylic acids is 1. The largest absolute Gasteiger partial charge is 0.481 e. The van der Waals surface area contributed by atoms with Crippen LogP contribution in [0.4, 0.5) is 8.78 Å². The zero-order chi connectivity index (χ0) is 17.4. The van der Waals surface area contributed by atoms with Crippen molar-refractivity contribution >= 4 is 37.8 Å². The molecule has 0 atom stereocenters. The van der Waals surface area contributed by atoms with Crippen LogP contribution in [-0.2, 0) is 17.6 Å². The van der Waals surface area contributed by atoms with E-state index in [0.717, 1.165) is 5.56 Å². The summed E-state index contributed by atoms with van der Waals surface area (Å²) in [5.74, 6) is -1.57. The van der Waals surface area contributed by atoms with Gasteiger partial charge in [-0.15, -0.1) is 0 Å². The Morgan fingerprint density at radius 2 is 1.43 bits per heavy atom. The summed E-state index contributed by atoms with van der Waals surface area (Å²) in [4.78, 5) is 10.3. The molecule has 0 aliphatic rings. The molecule has 23 heavy (non-hydrogen) atoms. The fourth-order valence-corrected chi connectivity index (χ4v) is 2.71. The molecule has 0 unspecified atom stereocenters. The third kappa shape index (κ3) is 7.20. The van der Waals surface area contributed by atoms with Crippen LogP contribution >= 0.6 is 31.9 Å². The van der Waals surface area contributed by atoms with Crippen LogP contribution in [-0.4, -0.2) is 22.8 Å². The second kappa shape index (κ2) is 9.75. The highest BCUT2D eigenvalue weighted by Crippen LogP contribution is 2.18. The van der Waals surface area contributed by atoms with Gasteiger partial charge in [0.2, 0.25) is 0 Å².